The van der Waals surface area contributed by atoms with Gasteiger partial charge in [0.1, 0.15) is 5.76 Å². The molecule has 128 valence electrons. The van der Waals surface area contributed by atoms with Crippen molar-refractivity contribution in [3.05, 3.63) is 59.0 Å². The average Bonchev–Trinajstić information content (AvgIpc) is 3.12. The minimum absolute atomic E-state index is 0.0170. The first kappa shape index (κ1) is 17.1. The van der Waals surface area contributed by atoms with Crippen LogP contribution in [0.3, 0.4) is 0 Å². The Morgan fingerprint density at radius 1 is 1.17 bits per heavy atom. The highest BCUT2D eigenvalue weighted by atomic mass is 35.5. The van der Waals surface area contributed by atoms with Crippen LogP contribution in [0.15, 0.2) is 47.1 Å². The molecule has 1 atom stereocenters. The van der Waals surface area contributed by atoms with Crippen molar-refractivity contribution in [2.45, 2.75) is 31.7 Å². The van der Waals surface area contributed by atoms with Gasteiger partial charge in [-0.3, -0.25) is 9.69 Å². The van der Waals surface area contributed by atoms with Gasteiger partial charge in [0.05, 0.1) is 18.7 Å². The number of rotatable bonds is 6. The summed E-state index contributed by atoms with van der Waals surface area (Å²) in [5.41, 5.74) is 0.851. The number of amides is 1. The second kappa shape index (κ2) is 8.36. The number of nitrogens with one attached hydrogen (secondary N) is 1. The van der Waals surface area contributed by atoms with Gasteiger partial charge >= 0.3 is 0 Å². The molecule has 1 aromatic heterocycles. The standard InChI is InChI=1S/C19H23ClN2O2/c20-16-8-3-2-7-15(16)13-19(23)21-14-17(18-9-6-12-24-18)22-10-4-1-5-11-22/h2-3,6-9,12,17H,1,4-5,10-11,13-14H2,(H,21,23). The summed E-state index contributed by atoms with van der Waals surface area (Å²) in [5.74, 6) is 0.895. The Kier molecular flexibility index (Phi) is 5.94. The first-order valence-corrected chi connectivity index (χ1v) is 8.89. The van der Waals surface area contributed by atoms with Gasteiger partial charge in [-0.2, -0.15) is 0 Å². The predicted molar refractivity (Wildman–Crippen MR) is 95.0 cm³/mol. The van der Waals surface area contributed by atoms with Crippen LogP contribution < -0.4 is 5.32 Å². The zero-order chi connectivity index (χ0) is 16.8. The van der Waals surface area contributed by atoms with Crippen LogP contribution in [0.1, 0.15) is 36.6 Å². The molecule has 24 heavy (non-hydrogen) atoms. The Morgan fingerprint density at radius 3 is 2.67 bits per heavy atom. The number of halogens is 1. The highest BCUT2D eigenvalue weighted by Crippen LogP contribution is 2.24. The molecule has 1 fully saturated rings. The van der Waals surface area contributed by atoms with E-state index in [1.807, 2.05) is 36.4 Å². The highest BCUT2D eigenvalue weighted by Gasteiger charge is 2.24. The fourth-order valence-corrected chi connectivity index (χ4v) is 3.41. The predicted octanol–water partition coefficient (Wildman–Crippen LogP) is 3.82. The molecule has 1 aliphatic rings. The Balaban J connectivity index is 1.61. The van der Waals surface area contributed by atoms with Crippen LogP contribution in [0.2, 0.25) is 5.02 Å². The molecule has 3 rings (SSSR count). The van der Waals surface area contributed by atoms with Crippen molar-refractivity contribution in [3.8, 4) is 0 Å². The van der Waals surface area contributed by atoms with Crippen molar-refractivity contribution < 1.29 is 9.21 Å². The van der Waals surface area contributed by atoms with Crippen LogP contribution >= 0.6 is 11.6 Å². The fourth-order valence-electron chi connectivity index (χ4n) is 3.21. The van der Waals surface area contributed by atoms with Crippen molar-refractivity contribution in [1.82, 2.24) is 10.2 Å². The van der Waals surface area contributed by atoms with Gasteiger partial charge < -0.3 is 9.73 Å². The molecule has 0 radical (unpaired) electrons. The fraction of sp³-hybridized carbons (Fsp3) is 0.421. The van der Waals surface area contributed by atoms with E-state index in [2.05, 4.69) is 10.2 Å². The molecule has 0 spiro atoms. The van der Waals surface area contributed by atoms with Crippen LogP contribution in [0.25, 0.3) is 0 Å². The summed E-state index contributed by atoms with van der Waals surface area (Å²) < 4.78 is 5.60. The van der Waals surface area contributed by atoms with E-state index >= 15 is 0 Å². The molecule has 4 nitrogen and oxygen atoms in total. The van der Waals surface area contributed by atoms with Crippen molar-refractivity contribution in [2.75, 3.05) is 19.6 Å². The van der Waals surface area contributed by atoms with Crippen LogP contribution in [-0.4, -0.2) is 30.4 Å². The monoisotopic (exact) mass is 346 g/mol. The lowest BCUT2D eigenvalue weighted by Gasteiger charge is -2.33. The smallest absolute Gasteiger partial charge is 0.224 e. The Hall–Kier alpha value is -1.78. The number of hydrogen-bond donors (Lipinski definition) is 1. The summed E-state index contributed by atoms with van der Waals surface area (Å²) in [6.45, 7) is 2.65. The number of carbonyl (C=O) groups is 1. The summed E-state index contributed by atoms with van der Waals surface area (Å²) in [5, 5.41) is 3.68. The van der Waals surface area contributed by atoms with Gasteiger partial charge in [-0.05, 0) is 49.7 Å². The number of furan rings is 1. The first-order chi connectivity index (χ1) is 11.7. The lowest BCUT2D eigenvalue weighted by atomic mass is 10.1. The summed E-state index contributed by atoms with van der Waals surface area (Å²) in [4.78, 5) is 14.7. The van der Waals surface area contributed by atoms with Gasteiger partial charge in [0.25, 0.3) is 0 Å². The highest BCUT2D eigenvalue weighted by molar-refractivity contribution is 6.31. The van der Waals surface area contributed by atoms with E-state index in [0.29, 0.717) is 18.0 Å². The number of carbonyl (C=O) groups excluding carboxylic acids is 1. The molecular weight excluding hydrogens is 324 g/mol. The zero-order valence-electron chi connectivity index (χ0n) is 13.7. The van der Waals surface area contributed by atoms with E-state index in [4.69, 9.17) is 16.0 Å². The van der Waals surface area contributed by atoms with Crippen molar-refractivity contribution >= 4 is 17.5 Å². The molecule has 0 saturated carbocycles. The number of piperidine rings is 1. The maximum Gasteiger partial charge on any atom is 0.224 e. The van der Waals surface area contributed by atoms with Gasteiger partial charge in [0.2, 0.25) is 5.91 Å². The van der Waals surface area contributed by atoms with Gasteiger partial charge in [-0.1, -0.05) is 36.2 Å². The lowest BCUT2D eigenvalue weighted by Crippen LogP contribution is -2.40. The molecule has 2 aromatic rings. The first-order valence-electron chi connectivity index (χ1n) is 8.51. The molecule has 1 aromatic carbocycles. The van der Waals surface area contributed by atoms with E-state index < -0.39 is 0 Å². The second-order valence-corrected chi connectivity index (χ2v) is 6.61. The molecule has 1 aliphatic heterocycles. The van der Waals surface area contributed by atoms with Crippen LogP contribution in [0.5, 0.6) is 0 Å². The Labute approximate surface area is 147 Å². The summed E-state index contributed by atoms with van der Waals surface area (Å²) >= 11 is 6.13. The normalized spacial score (nSPS) is 16.7. The van der Waals surface area contributed by atoms with Crippen LogP contribution in [0, 0.1) is 0 Å². The van der Waals surface area contributed by atoms with Crippen LogP contribution in [-0.2, 0) is 11.2 Å². The van der Waals surface area contributed by atoms with E-state index in [1.165, 1.54) is 19.3 Å². The van der Waals surface area contributed by atoms with E-state index in [0.717, 1.165) is 24.4 Å². The van der Waals surface area contributed by atoms with Gasteiger partial charge in [0, 0.05) is 11.6 Å². The molecule has 5 heteroatoms. The molecule has 1 amide bonds. The molecule has 2 heterocycles. The summed E-state index contributed by atoms with van der Waals surface area (Å²) in [6, 6.07) is 11.4. The van der Waals surface area contributed by atoms with Gasteiger partial charge in [-0.15, -0.1) is 0 Å². The number of nitrogens with zero attached hydrogens (tertiary/aromatic N) is 1. The zero-order valence-corrected chi connectivity index (χ0v) is 14.5. The van der Waals surface area contributed by atoms with E-state index in [1.54, 1.807) is 6.26 Å². The Morgan fingerprint density at radius 2 is 1.96 bits per heavy atom. The third-order valence-electron chi connectivity index (χ3n) is 4.50. The minimum Gasteiger partial charge on any atom is -0.468 e. The molecule has 1 N–H and O–H groups in total. The number of hydrogen-bond acceptors (Lipinski definition) is 3. The molecule has 1 saturated heterocycles. The number of likely N-dealkylation sites (tertiary alicyclic amines) is 1. The lowest BCUT2D eigenvalue weighted by molar-refractivity contribution is -0.120. The van der Waals surface area contributed by atoms with E-state index in [9.17, 15) is 4.79 Å². The third-order valence-corrected chi connectivity index (χ3v) is 4.87. The maximum absolute atomic E-state index is 12.3. The van der Waals surface area contributed by atoms with Gasteiger partial charge in [0.15, 0.2) is 0 Å². The largest absolute Gasteiger partial charge is 0.468 e. The molecule has 0 bridgehead atoms. The molecule has 1 unspecified atom stereocenters. The quantitative estimate of drug-likeness (QED) is 0.864. The summed E-state index contributed by atoms with van der Waals surface area (Å²) in [7, 11) is 0. The Bertz CT molecular complexity index is 651. The maximum atomic E-state index is 12.3. The van der Waals surface area contributed by atoms with Crippen LogP contribution in [0.4, 0.5) is 0 Å². The minimum atomic E-state index is -0.0170. The number of benzene rings is 1. The van der Waals surface area contributed by atoms with E-state index in [-0.39, 0.29) is 11.9 Å². The van der Waals surface area contributed by atoms with Crippen molar-refractivity contribution in [3.63, 3.8) is 0 Å². The van der Waals surface area contributed by atoms with Crippen molar-refractivity contribution in [2.24, 2.45) is 0 Å². The molecule has 0 aliphatic carbocycles. The van der Waals surface area contributed by atoms with Crippen molar-refractivity contribution in [1.29, 1.82) is 0 Å². The SMILES string of the molecule is O=C(Cc1ccccc1Cl)NCC(c1ccco1)N1CCCCC1. The average molecular weight is 347 g/mol. The molecular formula is C19H23ClN2O2. The summed E-state index contributed by atoms with van der Waals surface area (Å²) in [6.07, 6.45) is 5.66. The topological polar surface area (TPSA) is 45.5 Å². The van der Waals surface area contributed by atoms with Gasteiger partial charge in [-0.25, -0.2) is 0 Å². The third kappa shape index (κ3) is 4.40. The second-order valence-electron chi connectivity index (χ2n) is 6.20.